The molecule has 2 N–H and O–H groups in total. The van der Waals surface area contributed by atoms with Crippen LogP contribution in [0.1, 0.15) is 15.9 Å². The number of carbonyl (C=O) groups excluding carboxylic acids is 1. The number of hydrogen-bond acceptors (Lipinski definition) is 4. The highest BCUT2D eigenvalue weighted by Gasteiger charge is 2.21. The highest BCUT2D eigenvalue weighted by atomic mass is 35.5. The van der Waals surface area contributed by atoms with Gasteiger partial charge in [0.05, 0.1) is 23.3 Å². The van der Waals surface area contributed by atoms with Gasteiger partial charge in [-0.2, -0.15) is 0 Å². The Morgan fingerprint density at radius 3 is 2.48 bits per heavy atom. The van der Waals surface area contributed by atoms with E-state index in [-0.39, 0.29) is 22.2 Å². The molecule has 0 heterocycles. The number of methoxy groups -OCH3 is 1. The van der Waals surface area contributed by atoms with E-state index in [1.54, 1.807) is 24.3 Å². The van der Waals surface area contributed by atoms with Crippen molar-refractivity contribution in [2.45, 2.75) is 11.4 Å². The van der Waals surface area contributed by atoms with Gasteiger partial charge in [0.15, 0.2) is 0 Å². The van der Waals surface area contributed by atoms with Gasteiger partial charge in [0.1, 0.15) is 17.4 Å². The topological polar surface area (TPSA) is 84.5 Å². The van der Waals surface area contributed by atoms with Gasteiger partial charge in [-0.3, -0.25) is 4.79 Å². The molecule has 0 aliphatic carbocycles. The van der Waals surface area contributed by atoms with Gasteiger partial charge in [-0.25, -0.2) is 21.9 Å². The second-order valence-corrected chi connectivity index (χ2v) is 8.56. The number of nitrogens with one attached hydrogen (secondary N) is 2. The maximum Gasteiger partial charge on any atom is 0.258 e. The Labute approximate surface area is 182 Å². The average Bonchev–Trinajstić information content (AvgIpc) is 2.74. The highest BCUT2D eigenvalue weighted by Crippen LogP contribution is 2.22. The summed E-state index contributed by atoms with van der Waals surface area (Å²) in [5.74, 6) is -2.30. The fourth-order valence-corrected chi connectivity index (χ4v) is 3.92. The van der Waals surface area contributed by atoms with Crippen LogP contribution >= 0.6 is 11.6 Å². The van der Waals surface area contributed by atoms with Crippen LogP contribution in [0.3, 0.4) is 0 Å². The van der Waals surface area contributed by atoms with Crippen LogP contribution in [0, 0.1) is 11.6 Å². The number of halogens is 3. The van der Waals surface area contributed by atoms with Crippen molar-refractivity contribution in [3.8, 4) is 5.75 Å². The number of ether oxygens (including phenoxy) is 1. The second-order valence-electron chi connectivity index (χ2n) is 6.36. The molecular weight excluding hydrogens is 450 g/mol. The van der Waals surface area contributed by atoms with Crippen LogP contribution in [0.4, 0.5) is 14.5 Å². The van der Waals surface area contributed by atoms with Crippen LogP contribution in [-0.2, 0) is 16.6 Å². The molecule has 0 saturated heterocycles. The molecule has 3 aromatic carbocycles. The van der Waals surface area contributed by atoms with Crippen molar-refractivity contribution in [1.29, 1.82) is 0 Å². The van der Waals surface area contributed by atoms with Gasteiger partial charge in [-0.1, -0.05) is 29.8 Å². The lowest BCUT2D eigenvalue weighted by molar-refractivity contribution is 0.102. The lowest BCUT2D eigenvalue weighted by Crippen LogP contribution is -2.24. The summed E-state index contributed by atoms with van der Waals surface area (Å²) in [7, 11) is -2.63. The SMILES string of the molecule is COc1ccccc1CNS(=O)(=O)c1ccc(F)c(C(=O)Nc2ccc(Cl)cc2F)c1. The van der Waals surface area contributed by atoms with Crippen molar-refractivity contribution in [2.24, 2.45) is 0 Å². The van der Waals surface area contributed by atoms with E-state index in [1.165, 1.54) is 19.2 Å². The van der Waals surface area contributed by atoms with Crippen LogP contribution < -0.4 is 14.8 Å². The molecule has 0 saturated carbocycles. The Hall–Kier alpha value is -3.01. The van der Waals surface area contributed by atoms with Gasteiger partial charge in [-0.15, -0.1) is 0 Å². The first kappa shape index (κ1) is 22.7. The summed E-state index contributed by atoms with van der Waals surface area (Å²) in [4.78, 5) is 12.1. The summed E-state index contributed by atoms with van der Waals surface area (Å²) < 4.78 is 61.0. The normalized spacial score (nSPS) is 11.2. The number of benzene rings is 3. The van der Waals surface area contributed by atoms with Gasteiger partial charge in [0, 0.05) is 17.1 Å². The Balaban J connectivity index is 1.82. The third-order valence-electron chi connectivity index (χ3n) is 4.32. The van der Waals surface area contributed by atoms with Crippen molar-refractivity contribution in [3.05, 3.63) is 88.4 Å². The number of carbonyl (C=O) groups is 1. The molecule has 0 aromatic heterocycles. The highest BCUT2D eigenvalue weighted by molar-refractivity contribution is 7.89. The molecular formula is C21H17ClF2N2O4S. The lowest BCUT2D eigenvalue weighted by Gasteiger charge is -2.12. The predicted molar refractivity (Wildman–Crippen MR) is 113 cm³/mol. The molecule has 162 valence electrons. The molecule has 0 atom stereocenters. The minimum absolute atomic E-state index is 0.0821. The molecule has 3 aromatic rings. The molecule has 0 radical (unpaired) electrons. The van der Waals surface area contributed by atoms with E-state index in [4.69, 9.17) is 16.3 Å². The van der Waals surface area contributed by atoms with E-state index in [0.29, 0.717) is 11.3 Å². The summed E-state index contributed by atoms with van der Waals surface area (Å²) in [5, 5.41) is 2.32. The quantitative estimate of drug-likeness (QED) is 0.542. The summed E-state index contributed by atoms with van der Waals surface area (Å²) in [6.45, 7) is -0.0821. The van der Waals surface area contributed by atoms with Gasteiger partial charge in [-0.05, 0) is 42.5 Å². The molecule has 3 rings (SSSR count). The molecule has 1 amide bonds. The molecule has 0 bridgehead atoms. The zero-order valence-electron chi connectivity index (χ0n) is 16.2. The average molecular weight is 467 g/mol. The zero-order chi connectivity index (χ0) is 22.6. The lowest BCUT2D eigenvalue weighted by atomic mass is 10.2. The first-order valence-electron chi connectivity index (χ1n) is 8.89. The van der Waals surface area contributed by atoms with Crippen LogP contribution in [0.25, 0.3) is 0 Å². The Morgan fingerprint density at radius 1 is 1.03 bits per heavy atom. The maximum atomic E-state index is 14.2. The third kappa shape index (κ3) is 5.38. The van der Waals surface area contributed by atoms with E-state index >= 15 is 0 Å². The van der Waals surface area contributed by atoms with E-state index < -0.39 is 33.1 Å². The van der Waals surface area contributed by atoms with Crippen molar-refractivity contribution < 1.29 is 26.7 Å². The monoisotopic (exact) mass is 466 g/mol. The number of sulfonamides is 1. The summed E-state index contributed by atoms with van der Waals surface area (Å²) in [6, 6.07) is 13.1. The van der Waals surface area contributed by atoms with Gasteiger partial charge < -0.3 is 10.1 Å². The van der Waals surface area contributed by atoms with E-state index in [0.717, 1.165) is 24.3 Å². The summed E-state index contributed by atoms with van der Waals surface area (Å²) >= 11 is 5.67. The molecule has 0 aliphatic heterocycles. The smallest absolute Gasteiger partial charge is 0.258 e. The first-order valence-corrected chi connectivity index (χ1v) is 10.7. The summed E-state index contributed by atoms with van der Waals surface area (Å²) in [5.41, 5.74) is -0.197. The molecule has 31 heavy (non-hydrogen) atoms. The van der Waals surface area contributed by atoms with E-state index in [9.17, 15) is 22.0 Å². The maximum absolute atomic E-state index is 14.2. The largest absolute Gasteiger partial charge is 0.496 e. The Morgan fingerprint density at radius 2 is 1.77 bits per heavy atom. The minimum Gasteiger partial charge on any atom is -0.496 e. The van der Waals surface area contributed by atoms with Crippen LogP contribution in [-0.4, -0.2) is 21.4 Å². The Bertz CT molecular complexity index is 1240. The summed E-state index contributed by atoms with van der Waals surface area (Å²) in [6.07, 6.45) is 0. The molecule has 0 fully saturated rings. The number of anilines is 1. The number of rotatable bonds is 7. The fraction of sp³-hybridized carbons (Fsp3) is 0.0952. The molecule has 10 heteroatoms. The van der Waals surface area contributed by atoms with Gasteiger partial charge in [0.2, 0.25) is 10.0 Å². The molecule has 0 spiro atoms. The standard InChI is InChI=1S/C21H17ClF2N2O4S/c1-30-20-5-3-2-4-13(20)12-25-31(28,29)15-7-8-17(23)16(11-15)21(27)26-19-9-6-14(22)10-18(19)24/h2-11,25H,12H2,1H3,(H,26,27). The van der Waals surface area contributed by atoms with Crippen LogP contribution in [0.5, 0.6) is 5.75 Å². The Kier molecular flexibility index (Phi) is 6.89. The predicted octanol–water partition coefficient (Wildman–Crippen LogP) is 4.36. The number of amides is 1. The van der Waals surface area contributed by atoms with Crippen LogP contribution in [0.2, 0.25) is 5.02 Å². The van der Waals surface area contributed by atoms with Crippen molar-refractivity contribution in [2.75, 3.05) is 12.4 Å². The minimum atomic E-state index is -4.09. The first-order chi connectivity index (χ1) is 14.7. The van der Waals surface area contributed by atoms with Crippen molar-refractivity contribution in [1.82, 2.24) is 4.72 Å². The third-order valence-corrected chi connectivity index (χ3v) is 5.95. The molecule has 0 aliphatic rings. The number of hydrogen-bond donors (Lipinski definition) is 2. The van der Waals surface area contributed by atoms with E-state index in [1.807, 2.05) is 0 Å². The van der Waals surface area contributed by atoms with Crippen molar-refractivity contribution in [3.63, 3.8) is 0 Å². The zero-order valence-corrected chi connectivity index (χ0v) is 17.7. The fourth-order valence-electron chi connectivity index (χ4n) is 2.73. The van der Waals surface area contributed by atoms with Gasteiger partial charge in [0.25, 0.3) is 5.91 Å². The van der Waals surface area contributed by atoms with E-state index in [2.05, 4.69) is 10.0 Å². The number of para-hydroxylation sites is 1. The molecule has 0 unspecified atom stereocenters. The van der Waals surface area contributed by atoms with Crippen LogP contribution in [0.15, 0.2) is 65.6 Å². The van der Waals surface area contributed by atoms with Gasteiger partial charge >= 0.3 is 0 Å². The molecule has 6 nitrogen and oxygen atoms in total. The van der Waals surface area contributed by atoms with Crippen molar-refractivity contribution >= 4 is 33.2 Å². The second kappa shape index (κ2) is 9.42.